The van der Waals surface area contributed by atoms with Crippen molar-refractivity contribution in [3.05, 3.63) is 0 Å². The van der Waals surface area contributed by atoms with Crippen LogP contribution in [-0.2, 0) is 4.79 Å². The topological polar surface area (TPSA) is 77.0 Å². The lowest BCUT2D eigenvalue weighted by atomic mass is 9.87. The predicted octanol–water partition coefficient (Wildman–Crippen LogP) is 1.87. The van der Waals surface area contributed by atoms with Gasteiger partial charge in [-0.15, -0.1) is 24.0 Å². The summed E-state index contributed by atoms with van der Waals surface area (Å²) >= 11 is 2.14. The summed E-state index contributed by atoms with van der Waals surface area (Å²) in [5, 5.41) is 5.93. The molecule has 7 nitrogen and oxygen atoms in total. The lowest BCUT2D eigenvalue weighted by molar-refractivity contribution is -0.124. The fraction of sp³-hybridized carbons (Fsp3) is 0.824. The number of carbonyl (C=O) groups excluding carboxylic acids is 2. The standard InChI is InChI=1S/C17H29N5O2S.HI/c1-2-18-15(19-8-9-22-14(23)12-20-16(22)24)21-10-11-25-17(13-21)6-4-3-5-7-17;/h2-13H2,1H3,(H,18,19)(H,20,24);1H. The molecule has 3 rings (SSSR count). The maximum Gasteiger partial charge on any atom is 0.324 e. The number of aliphatic imine (C=N–C) groups is 1. The second kappa shape index (κ2) is 10.0. The summed E-state index contributed by atoms with van der Waals surface area (Å²) in [6.45, 7) is 5.83. The molecular weight excluding hydrogens is 465 g/mol. The number of nitrogens with one attached hydrogen (secondary N) is 2. The molecule has 2 saturated heterocycles. The quantitative estimate of drug-likeness (QED) is 0.270. The van der Waals surface area contributed by atoms with Crippen LogP contribution in [0.3, 0.4) is 0 Å². The van der Waals surface area contributed by atoms with E-state index in [0.29, 0.717) is 17.8 Å². The molecule has 3 aliphatic rings. The predicted molar refractivity (Wildman–Crippen MR) is 116 cm³/mol. The molecule has 0 radical (unpaired) electrons. The van der Waals surface area contributed by atoms with Crippen LogP contribution < -0.4 is 10.6 Å². The Kier molecular flexibility index (Phi) is 8.31. The number of rotatable bonds is 4. The van der Waals surface area contributed by atoms with Crippen molar-refractivity contribution in [3.8, 4) is 0 Å². The molecule has 0 bridgehead atoms. The summed E-state index contributed by atoms with van der Waals surface area (Å²) in [6, 6.07) is -0.305. The average Bonchev–Trinajstić information content (AvgIpc) is 2.93. The summed E-state index contributed by atoms with van der Waals surface area (Å²) < 4.78 is 0.386. The van der Waals surface area contributed by atoms with E-state index < -0.39 is 0 Å². The largest absolute Gasteiger partial charge is 0.357 e. The first-order valence-electron chi connectivity index (χ1n) is 9.39. The molecule has 0 unspecified atom stereocenters. The highest BCUT2D eigenvalue weighted by molar-refractivity contribution is 14.0. The number of hydrogen-bond acceptors (Lipinski definition) is 4. The summed E-state index contributed by atoms with van der Waals surface area (Å²) in [5.41, 5.74) is 0. The highest BCUT2D eigenvalue weighted by Gasteiger charge is 2.38. The van der Waals surface area contributed by atoms with E-state index in [4.69, 9.17) is 4.99 Å². The zero-order valence-corrected chi connectivity index (χ0v) is 18.6. The van der Waals surface area contributed by atoms with Crippen LogP contribution in [-0.4, -0.2) is 77.5 Å². The number of urea groups is 1. The summed E-state index contributed by atoms with van der Waals surface area (Å²) in [6.07, 6.45) is 6.63. The molecular formula is C17H30IN5O2S. The van der Waals surface area contributed by atoms with Crippen LogP contribution in [0.2, 0.25) is 0 Å². The van der Waals surface area contributed by atoms with Crippen molar-refractivity contribution in [2.75, 3.05) is 45.0 Å². The van der Waals surface area contributed by atoms with Gasteiger partial charge >= 0.3 is 6.03 Å². The van der Waals surface area contributed by atoms with Gasteiger partial charge in [-0.25, -0.2) is 4.79 Å². The molecule has 1 saturated carbocycles. The Balaban J connectivity index is 0.00000243. The van der Waals surface area contributed by atoms with Crippen molar-refractivity contribution < 1.29 is 9.59 Å². The fourth-order valence-corrected chi connectivity index (χ4v) is 5.46. The molecule has 0 atom stereocenters. The van der Waals surface area contributed by atoms with Crippen LogP contribution in [0.25, 0.3) is 0 Å². The van der Waals surface area contributed by atoms with Gasteiger partial charge in [0.2, 0.25) is 5.91 Å². The molecule has 2 aliphatic heterocycles. The Morgan fingerprint density at radius 3 is 2.73 bits per heavy atom. The lowest BCUT2D eigenvalue weighted by Crippen LogP contribution is -2.53. The summed E-state index contributed by atoms with van der Waals surface area (Å²) in [7, 11) is 0. The molecule has 0 aromatic rings. The molecule has 2 N–H and O–H groups in total. The fourth-order valence-electron chi connectivity index (χ4n) is 3.89. The van der Waals surface area contributed by atoms with E-state index in [2.05, 4.69) is 34.2 Å². The smallest absolute Gasteiger partial charge is 0.324 e. The van der Waals surface area contributed by atoms with E-state index >= 15 is 0 Å². The van der Waals surface area contributed by atoms with E-state index in [1.807, 2.05) is 0 Å². The Bertz CT molecular complexity index is 518. The molecule has 3 fully saturated rings. The van der Waals surface area contributed by atoms with Gasteiger partial charge in [0.05, 0.1) is 19.6 Å². The minimum Gasteiger partial charge on any atom is -0.357 e. The van der Waals surface area contributed by atoms with Gasteiger partial charge in [0.15, 0.2) is 5.96 Å². The summed E-state index contributed by atoms with van der Waals surface area (Å²) in [4.78, 5) is 31.6. The molecule has 2 heterocycles. The Labute approximate surface area is 177 Å². The number of guanidine groups is 1. The van der Waals surface area contributed by atoms with E-state index in [-0.39, 0.29) is 42.5 Å². The molecule has 3 amide bonds. The molecule has 26 heavy (non-hydrogen) atoms. The van der Waals surface area contributed by atoms with Crippen LogP contribution in [0.4, 0.5) is 4.79 Å². The van der Waals surface area contributed by atoms with Gasteiger partial charge in [-0.1, -0.05) is 19.3 Å². The van der Waals surface area contributed by atoms with Crippen molar-refractivity contribution in [1.82, 2.24) is 20.4 Å². The first-order valence-corrected chi connectivity index (χ1v) is 10.4. The van der Waals surface area contributed by atoms with E-state index in [1.54, 1.807) is 0 Å². The Morgan fingerprint density at radius 1 is 1.31 bits per heavy atom. The number of halogens is 1. The second-order valence-electron chi connectivity index (χ2n) is 6.95. The van der Waals surface area contributed by atoms with Gasteiger partial charge in [-0.05, 0) is 19.8 Å². The summed E-state index contributed by atoms with van der Waals surface area (Å²) in [5.74, 6) is 1.89. The minimum atomic E-state index is -0.305. The SMILES string of the molecule is CCNC(=NCCN1C(=O)CNC1=O)N1CCSC2(CCCCC2)C1.I. The van der Waals surface area contributed by atoms with Crippen LogP contribution in [0.5, 0.6) is 0 Å². The number of amides is 3. The first-order chi connectivity index (χ1) is 12.1. The first kappa shape index (κ1) is 21.6. The third-order valence-electron chi connectivity index (χ3n) is 5.17. The van der Waals surface area contributed by atoms with Crippen LogP contribution in [0, 0.1) is 0 Å². The van der Waals surface area contributed by atoms with Gasteiger partial charge in [-0.2, -0.15) is 11.8 Å². The maximum atomic E-state index is 11.7. The van der Waals surface area contributed by atoms with Gasteiger partial charge in [0, 0.05) is 30.1 Å². The number of nitrogens with zero attached hydrogens (tertiary/aromatic N) is 3. The zero-order chi connectivity index (χ0) is 17.7. The van der Waals surface area contributed by atoms with E-state index in [1.165, 1.54) is 37.0 Å². The lowest BCUT2D eigenvalue weighted by Gasteiger charge is -2.45. The van der Waals surface area contributed by atoms with Crippen molar-refractivity contribution in [3.63, 3.8) is 0 Å². The molecule has 9 heteroatoms. The van der Waals surface area contributed by atoms with Gasteiger partial charge in [0.1, 0.15) is 0 Å². The minimum absolute atomic E-state index is 0. The van der Waals surface area contributed by atoms with Crippen LogP contribution in [0.1, 0.15) is 39.0 Å². The second-order valence-corrected chi connectivity index (χ2v) is 8.52. The Hall–Kier alpha value is -0.710. The van der Waals surface area contributed by atoms with Crippen molar-refractivity contribution in [2.24, 2.45) is 4.99 Å². The Morgan fingerprint density at radius 2 is 2.08 bits per heavy atom. The maximum absolute atomic E-state index is 11.7. The zero-order valence-electron chi connectivity index (χ0n) is 15.5. The van der Waals surface area contributed by atoms with Gasteiger partial charge in [-0.3, -0.25) is 14.7 Å². The molecule has 0 aromatic heterocycles. The van der Waals surface area contributed by atoms with Crippen molar-refractivity contribution >= 4 is 53.6 Å². The van der Waals surface area contributed by atoms with Crippen molar-refractivity contribution in [2.45, 2.75) is 43.8 Å². The molecule has 1 aliphatic carbocycles. The third-order valence-corrected chi connectivity index (χ3v) is 6.71. The van der Waals surface area contributed by atoms with Crippen molar-refractivity contribution in [1.29, 1.82) is 0 Å². The number of thioether (sulfide) groups is 1. The highest BCUT2D eigenvalue weighted by Crippen LogP contribution is 2.42. The van der Waals surface area contributed by atoms with Crippen LogP contribution >= 0.6 is 35.7 Å². The number of imide groups is 1. The molecule has 0 aromatic carbocycles. The average molecular weight is 495 g/mol. The number of hydrogen-bond donors (Lipinski definition) is 2. The highest BCUT2D eigenvalue weighted by atomic mass is 127. The van der Waals surface area contributed by atoms with E-state index in [9.17, 15) is 9.59 Å². The third kappa shape index (κ3) is 5.17. The van der Waals surface area contributed by atoms with Crippen LogP contribution in [0.15, 0.2) is 4.99 Å². The van der Waals surface area contributed by atoms with Gasteiger partial charge < -0.3 is 15.5 Å². The normalized spacial score (nSPS) is 23.0. The molecule has 148 valence electrons. The monoisotopic (exact) mass is 495 g/mol. The molecule has 1 spiro atoms. The van der Waals surface area contributed by atoms with E-state index in [0.717, 1.165) is 31.3 Å². The number of carbonyl (C=O) groups is 2. The van der Waals surface area contributed by atoms with Gasteiger partial charge in [0.25, 0.3) is 0 Å².